The van der Waals surface area contributed by atoms with Gasteiger partial charge in [0, 0.05) is 36.8 Å². The van der Waals surface area contributed by atoms with Crippen molar-refractivity contribution in [2.75, 3.05) is 36.8 Å². The smallest absolute Gasteiger partial charge is 0.227 e. The van der Waals surface area contributed by atoms with Crippen LogP contribution in [0.15, 0.2) is 42.5 Å². The second kappa shape index (κ2) is 8.71. The Morgan fingerprint density at radius 1 is 1.00 bits per heavy atom. The fourth-order valence-electron chi connectivity index (χ4n) is 3.99. The fraction of sp³-hybridized carbons (Fsp3) is 0.217. The zero-order chi connectivity index (χ0) is 23.8. The molecule has 3 heterocycles. The van der Waals surface area contributed by atoms with Crippen LogP contribution in [-0.4, -0.2) is 67.1 Å². The standard InChI is InChI=1S/C23H22ClN7O3/c24-15-4-1-13(2-5-15)11-18(34)30-7-9-31(10-8-30)22-19-21(28-23(25)29-22)27-20(26-19)14-3-6-16(32)17(33)12-14/h1-6,12,32-33H,7-11H2,(H3,25,26,27,28,29). The molecule has 0 saturated carbocycles. The topological polar surface area (TPSA) is 144 Å². The van der Waals surface area contributed by atoms with Crippen molar-refractivity contribution in [3.8, 4) is 22.9 Å². The number of amides is 1. The Kier molecular flexibility index (Phi) is 5.58. The number of nitrogens with two attached hydrogens (primary N) is 1. The van der Waals surface area contributed by atoms with Gasteiger partial charge in [0.15, 0.2) is 23.0 Å². The number of nitrogens with one attached hydrogen (secondary N) is 1. The van der Waals surface area contributed by atoms with E-state index >= 15 is 0 Å². The second-order valence-corrected chi connectivity index (χ2v) is 8.50. The lowest BCUT2D eigenvalue weighted by atomic mass is 10.1. The maximum atomic E-state index is 12.7. The third-order valence-electron chi connectivity index (χ3n) is 5.80. The van der Waals surface area contributed by atoms with E-state index in [0.717, 1.165) is 5.56 Å². The average molecular weight is 480 g/mol. The Balaban J connectivity index is 1.34. The van der Waals surface area contributed by atoms with Crippen molar-refractivity contribution in [2.24, 2.45) is 0 Å². The van der Waals surface area contributed by atoms with Crippen LogP contribution < -0.4 is 10.6 Å². The van der Waals surface area contributed by atoms with Gasteiger partial charge in [0.1, 0.15) is 11.3 Å². The molecule has 0 atom stereocenters. The largest absolute Gasteiger partial charge is 0.504 e. The summed E-state index contributed by atoms with van der Waals surface area (Å²) in [6, 6.07) is 11.7. The van der Waals surface area contributed by atoms with Gasteiger partial charge in [-0.05, 0) is 35.9 Å². The Labute approximate surface area is 199 Å². The van der Waals surface area contributed by atoms with Crippen LogP contribution in [0.2, 0.25) is 5.02 Å². The number of hydrogen-bond donors (Lipinski definition) is 4. The second-order valence-electron chi connectivity index (χ2n) is 8.06. The van der Waals surface area contributed by atoms with E-state index in [9.17, 15) is 15.0 Å². The molecule has 0 unspecified atom stereocenters. The molecule has 34 heavy (non-hydrogen) atoms. The van der Waals surface area contributed by atoms with E-state index in [1.54, 1.807) is 18.2 Å². The highest BCUT2D eigenvalue weighted by molar-refractivity contribution is 6.30. The summed E-state index contributed by atoms with van der Waals surface area (Å²) in [4.78, 5) is 33.0. The minimum atomic E-state index is -0.247. The number of aromatic hydroxyl groups is 2. The number of rotatable bonds is 4. The first-order valence-corrected chi connectivity index (χ1v) is 11.1. The van der Waals surface area contributed by atoms with Gasteiger partial charge in [-0.1, -0.05) is 23.7 Å². The van der Waals surface area contributed by atoms with Gasteiger partial charge >= 0.3 is 0 Å². The minimum absolute atomic E-state index is 0.0604. The minimum Gasteiger partial charge on any atom is -0.504 e. The number of hydrogen-bond acceptors (Lipinski definition) is 8. The predicted octanol–water partition coefficient (Wildman–Crippen LogP) is 2.56. The molecule has 11 heteroatoms. The van der Waals surface area contributed by atoms with Crippen LogP contribution in [-0.2, 0) is 11.2 Å². The van der Waals surface area contributed by atoms with Crippen molar-refractivity contribution in [3.05, 3.63) is 53.1 Å². The van der Waals surface area contributed by atoms with Crippen LogP contribution in [0.1, 0.15) is 5.56 Å². The van der Waals surface area contributed by atoms with Gasteiger partial charge in [0.25, 0.3) is 0 Å². The summed E-state index contributed by atoms with van der Waals surface area (Å²) in [6.07, 6.45) is 0.325. The number of H-pyrrole nitrogens is 1. The molecule has 4 aromatic rings. The van der Waals surface area contributed by atoms with Crippen molar-refractivity contribution in [1.82, 2.24) is 24.8 Å². The average Bonchev–Trinajstić information content (AvgIpc) is 3.26. The maximum Gasteiger partial charge on any atom is 0.227 e. The van der Waals surface area contributed by atoms with E-state index < -0.39 is 0 Å². The lowest BCUT2D eigenvalue weighted by molar-refractivity contribution is -0.130. The fourth-order valence-corrected chi connectivity index (χ4v) is 4.12. The zero-order valence-electron chi connectivity index (χ0n) is 18.1. The number of phenolic OH excluding ortho intramolecular Hbond substituents is 2. The molecular weight excluding hydrogens is 458 g/mol. The summed E-state index contributed by atoms with van der Waals surface area (Å²) < 4.78 is 0. The quantitative estimate of drug-likeness (QED) is 0.327. The number of carbonyl (C=O) groups excluding carboxylic acids is 1. The van der Waals surface area contributed by atoms with E-state index in [2.05, 4.69) is 19.9 Å². The van der Waals surface area contributed by atoms with Gasteiger partial charge in [0.2, 0.25) is 11.9 Å². The van der Waals surface area contributed by atoms with Crippen LogP contribution in [0.5, 0.6) is 11.5 Å². The summed E-state index contributed by atoms with van der Waals surface area (Å²) in [5.74, 6) is 0.758. The molecule has 174 valence electrons. The van der Waals surface area contributed by atoms with Crippen LogP contribution in [0, 0.1) is 0 Å². The number of anilines is 2. The molecule has 1 amide bonds. The Hall–Kier alpha value is -4.05. The summed E-state index contributed by atoms with van der Waals surface area (Å²) in [5, 5.41) is 20.0. The number of aromatic nitrogens is 4. The van der Waals surface area contributed by atoms with Crippen molar-refractivity contribution in [2.45, 2.75) is 6.42 Å². The number of carbonyl (C=O) groups is 1. The summed E-state index contributed by atoms with van der Waals surface area (Å²) in [5.41, 5.74) is 8.45. The molecule has 1 aliphatic rings. The van der Waals surface area contributed by atoms with Crippen molar-refractivity contribution in [3.63, 3.8) is 0 Å². The molecule has 0 radical (unpaired) electrons. The van der Waals surface area contributed by atoms with Crippen LogP contribution in [0.25, 0.3) is 22.6 Å². The first-order valence-electron chi connectivity index (χ1n) is 10.7. The number of nitrogens with zero attached hydrogens (tertiary/aromatic N) is 5. The molecule has 0 aliphatic carbocycles. The first-order chi connectivity index (χ1) is 16.4. The van der Waals surface area contributed by atoms with Crippen molar-refractivity contribution < 1.29 is 15.0 Å². The number of benzene rings is 2. The van der Waals surface area contributed by atoms with E-state index in [1.165, 1.54) is 12.1 Å². The monoisotopic (exact) mass is 479 g/mol. The molecule has 1 aliphatic heterocycles. The van der Waals surface area contributed by atoms with Gasteiger partial charge in [0.05, 0.1) is 6.42 Å². The Morgan fingerprint density at radius 2 is 1.74 bits per heavy atom. The van der Waals surface area contributed by atoms with Gasteiger partial charge < -0.3 is 30.7 Å². The molecule has 5 rings (SSSR count). The number of piperazine rings is 1. The lowest BCUT2D eigenvalue weighted by Gasteiger charge is -2.35. The highest BCUT2D eigenvalue weighted by atomic mass is 35.5. The highest BCUT2D eigenvalue weighted by Gasteiger charge is 2.25. The zero-order valence-corrected chi connectivity index (χ0v) is 18.8. The normalized spacial score (nSPS) is 14.0. The van der Waals surface area contributed by atoms with Gasteiger partial charge in [-0.2, -0.15) is 9.97 Å². The number of halogens is 1. The molecule has 2 aromatic carbocycles. The Bertz CT molecular complexity index is 1370. The molecule has 0 bridgehead atoms. The predicted molar refractivity (Wildman–Crippen MR) is 129 cm³/mol. The number of phenols is 2. The lowest BCUT2D eigenvalue weighted by Crippen LogP contribution is -2.49. The van der Waals surface area contributed by atoms with Crippen molar-refractivity contribution >= 4 is 40.4 Å². The Morgan fingerprint density at radius 3 is 2.44 bits per heavy atom. The number of aromatic amines is 1. The molecule has 10 nitrogen and oxygen atoms in total. The number of imidazole rings is 1. The third-order valence-corrected chi connectivity index (χ3v) is 6.05. The van der Waals surface area contributed by atoms with E-state index in [-0.39, 0.29) is 23.4 Å². The summed E-state index contributed by atoms with van der Waals surface area (Å²) in [7, 11) is 0. The van der Waals surface area contributed by atoms with Crippen LogP contribution in [0.3, 0.4) is 0 Å². The number of fused-ring (bicyclic) bond motifs is 1. The van der Waals surface area contributed by atoms with Gasteiger partial charge in [-0.15, -0.1) is 0 Å². The van der Waals surface area contributed by atoms with E-state index in [0.29, 0.717) is 66.0 Å². The molecule has 5 N–H and O–H groups in total. The maximum absolute atomic E-state index is 12.7. The summed E-state index contributed by atoms with van der Waals surface area (Å²) in [6.45, 7) is 2.24. The SMILES string of the molecule is Nc1nc(N2CCN(C(=O)Cc3ccc(Cl)cc3)CC2)c2[nH]c(-c3ccc(O)c(O)c3)nc2n1. The van der Waals surface area contributed by atoms with Gasteiger partial charge in [-0.3, -0.25) is 4.79 Å². The van der Waals surface area contributed by atoms with Gasteiger partial charge in [-0.25, -0.2) is 4.98 Å². The third kappa shape index (κ3) is 4.27. The van der Waals surface area contributed by atoms with Crippen LogP contribution >= 0.6 is 11.6 Å². The molecular formula is C23H22ClN7O3. The molecule has 0 spiro atoms. The first kappa shape index (κ1) is 21.8. The van der Waals surface area contributed by atoms with Crippen LogP contribution in [0.4, 0.5) is 11.8 Å². The summed E-state index contributed by atoms with van der Waals surface area (Å²) >= 11 is 5.92. The highest BCUT2D eigenvalue weighted by Crippen LogP contribution is 2.32. The molecule has 2 aromatic heterocycles. The molecule has 1 saturated heterocycles. The van der Waals surface area contributed by atoms with Crippen molar-refractivity contribution in [1.29, 1.82) is 0 Å². The number of nitrogen functional groups attached to an aromatic ring is 1. The van der Waals surface area contributed by atoms with E-state index in [4.69, 9.17) is 17.3 Å². The molecule has 1 fully saturated rings. The van der Waals surface area contributed by atoms with E-state index in [1.807, 2.05) is 21.9 Å².